The van der Waals surface area contributed by atoms with E-state index in [9.17, 15) is 8.78 Å². The predicted molar refractivity (Wildman–Crippen MR) is 53.0 cm³/mol. The first kappa shape index (κ1) is 12.8. The highest BCUT2D eigenvalue weighted by atomic mass is 19.3. The molecule has 1 heterocycles. The van der Waals surface area contributed by atoms with E-state index in [4.69, 9.17) is 9.84 Å². The van der Waals surface area contributed by atoms with Crippen molar-refractivity contribution in [3.05, 3.63) is 0 Å². The van der Waals surface area contributed by atoms with Crippen LogP contribution in [-0.2, 0) is 4.74 Å². The minimum atomic E-state index is -2.67. The van der Waals surface area contributed by atoms with Gasteiger partial charge < -0.3 is 15.2 Å². The lowest BCUT2D eigenvalue weighted by Gasteiger charge is -2.33. The molecule has 3 atom stereocenters. The summed E-state index contributed by atoms with van der Waals surface area (Å²) >= 11 is 0. The van der Waals surface area contributed by atoms with Gasteiger partial charge in [-0.3, -0.25) is 0 Å². The Labute approximate surface area is 88.8 Å². The summed E-state index contributed by atoms with van der Waals surface area (Å²) in [6.45, 7) is 3.88. The fraction of sp³-hybridized carbons (Fsp3) is 1.00. The third kappa shape index (κ3) is 4.40. The van der Waals surface area contributed by atoms with Crippen LogP contribution in [0.2, 0.25) is 0 Å². The molecule has 0 saturated carbocycles. The van der Waals surface area contributed by atoms with Gasteiger partial charge in [-0.1, -0.05) is 0 Å². The highest BCUT2D eigenvalue weighted by molar-refractivity contribution is 4.79. The zero-order valence-corrected chi connectivity index (χ0v) is 9.12. The number of ether oxygens (including phenoxy) is 1. The number of halogens is 2. The first-order valence-corrected chi connectivity index (χ1v) is 5.34. The first-order valence-electron chi connectivity index (χ1n) is 5.34. The molecule has 0 spiro atoms. The average Bonchev–Trinajstić information content (AvgIpc) is 2.12. The fourth-order valence-corrected chi connectivity index (χ4v) is 1.95. The number of rotatable bonds is 4. The van der Waals surface area contributed by atoms with Gasteiger partial charge in [-0.15, -0.1) is 0 Å². The molecule has 0 aromatic heterocycles. The predicted octanol–water partition coefficient (Wildman–Crippen LogP) is 1.16. The van der Waals surface area contributed by atoms with Crippen LogP contribution in [0.3, 0.4) is 0 Å². The van der Waals surface area contributed by atoms with Crippen LogP contribution in [0, 0.1) is 0 Å². The molecule has 0 radical (unpaired) electrons. The third-order valence-corrected chi connectivity index (χ3v) is 2.60. The van der Waals surface area contributed by atoms with Gasteiger partial charge in [0.15, 0.2) is 0 Å². The van der Waals surface area contributed by atoms with Crippen LogP contribution >= 0.6 is 0 Å². The molecule has 0 aliphatic carbocycles. The van der Waals surface area contributed by atoms with E-state index in [1.165, 1.54) is 0 Å². The molecule has 3 unspecified atom stereocenters. The summed E-state index contributed by atoms with van der Waals surface area (Å²) in [6, 6.07) is 0.164. The quantitative estimate of drug-likeness (QED) is 0.751. The standard InChI is InChI=1S/C10H19F2NO2/c1-6-3-8(4-7(2)15-6)13-5-9(14)10(11)12/h6-10,13-14H,3-5H2,1-2H3. The summed E-state index contributed by atoms with van der Waals surface area (Å²) < 4.78 is 29.6. The molecule has 1 aliphatic rings. The number of aliphatic hydroxyl groups excluding tert-OH is 1. The van der Waals surface area contributed by atoms with Crippen LogP contribution in [0.1, 0.15) is 26.7 Å². The Kier molecular flexibility index (Phi) is 4.89. The van der Waals surface area contributed by atoms with Crippen molar-refractivity contribution in [1.29, 1.82) is 0 Å². The van der Waals surface area contributed by atoms with Crippen LogP contribution in [-0.4, -0.2) is 42.4 Å². The zero-order chi connectivity index (χ0) is 11.4. The minimum absolute atomic E-state index is 0.0538. The van der Waals surface area contributed by atoms with Crippen LogP contribution < -0.4 is 5.32 Å². The molecule has 90 valence electrons. The van der Waals surface area contributed by atoms with Crippen molar-refractivity contribution >= 4 is 0 Å². The topological polar surface area (TPSA) is 41.5 Å². The lowest BCUT2D eigenvalue weighted by Crippen LogP contribution is -2.45. The number of aliphatic hydroxyl groups is 1. The zero-order valence-electron chi connectivity index (χ0n) is 9.12. The highest BCUT2D eigenvalue weighted by Gasteiger charge is 2.25. The van der Waals surface area contributed by atoms with Gasteiger partial charge in [0.25, 0.3) is 6.43 Å². The Hall–Kier alpha value is -0.260. The maximum absolute atomic E-state index is 12.0. The highest BCUT2D eigenvalue weighted by Crippen LogP contribution is 2.18. The van der Waals surface area contributed by atoms with Gasteiger partial charge in [-0.25, -0.2) is 8.78 Å². The van der Waals surface area contributed by atoms with Gasteiger partial charge in [0, 0.05) is 12.6 Å². The normalized spacial score (nSPS) is 34.4. The molecule has 0 aromatic rings. The Morgan fingerprint density at radius 3 is 2.33 bits per heavy atom. The van der Waals surface area contributed by atoms with E-state index in [0.717, 1.165) is 12.8 Å². The number of nitrogens with one attached hydrogen (secondary N) is 1. The summed E-state index contributed by atoms with van der Waals surface area (Å²) in [4.78, 5) is 0. The van der Waals surface area contributed by atoms with Crippen molar-refractivity contribution in [3.63, 3.8) is 0 Å². The molecular weight excluding hydrogens is 204 g/mol. The molecule has 0 aromatic carbocycles. The second-order valence-electron chi connectivity index (χ2n) is 4.24. The van der Waals surface area contributed by atoms with Gasteiger partial charge in [-0.05, 0) is 26.7 Å². The van der Waals surface area contributed by atoms with E-state index in [2.05, 4.69) is 5.32 Å². The molecule has 1 saturated heterocycles. The van der Waals surface area contributed by atoms with Crippen molar-refractivity contribution in [2.45, 2.75) is 57.5 Å². The molecule has 15 heavy (non-hydrogen) atoms. The molecule has 2 N–H and O–H groups in total. The Bertz CT molecular complexity index is 182. The van der Waals surface area contributed by atoms with Crippen LogP contribution in [0.15, 0.2) is 0 Å². The van der Waals surface area contributed by atoms with E-state index in [-0.39, 0.29) is 24.8 Å². The van der Waals surface area contributed by atoms with Crippen molar-refractivity contribution < 1.29 is 18.6 Å². The lowest BCUT2D eigenvalue weighted by atomic mass is 10.00. The molecule has 1 fully saturated rings. The smallest absolute Gasteiger partial charge is 0.265 e. The number of hydrogen-bond acceptors (Lipinski definition) is 3. The van der Waals surface area contributed by atoms with E-state index < -0.39 is 12.5 Å². The summed E-state index contributed by atoms with van der Waals surface area (Å²) in [5.74, 6) is 0. The van der Waals surface area contributed by atoms with E-state index in [1.807, 2.05) is 13.8 Å². The van der Waals surface area contributed by atoms with Gasteiger partial charge in [0.05, 0.1) is 12.2 Å². The molecule has 1 rings (SSSR count). The molecule has 0 bridgehead atoms. The van der Waals surface area contributed by atoms with Crippen LogP contribution in [0.4, 0.5) is 8.78 Å². The Morgan fingerprint density at radius 2 is 1.87 bits per heavy atom. The number of alkyl halides is 2. The average molecular weight is 223 g/mol. The van der Waals surface area contributed by atoms with Crippen molar-refractivity contribution in [2.75, 3.05) is 6.54 Å². The SMILES string of the molecule is CC1CC(NCC(O)C(F)F)CC(C)O1. The summed E-state index contributed by atoms with van der Waals surface area (Å²) in [5.41, 5.74) is 0. The van der Waals surface area contributed by atoms with E-state index in [0.29, 0.717) is 0 Å². The van der Waals surface area contributed by atoms with Gasteiger partial charge in [-0.2, -0.15) is 0 Å². The monoisotopic (exact) mass is 223 g/mol. The second kappa shape index (κ2) is 5.72. The number of hydrogen-bond donors (Lipinski definition) is 2. The van der Waals surface area contributed by atoms with Crippen molar-refractivity contribution in [3.8, 4) is 0 Å². The molecular formula is C10H19F2NO2. The van der Waals surface area contributed by atoms with Crippen LogP contribution in [0.5, 0.6) is 0 Å². The summed E-state index contributed by atoms with van der Waals surface area (Å²) in [5, 5.41) is 11.9. The fourth-order valence-electron chi connectivity index (χ4n) is 1.95. The van der Waals surface area contributed by atoms with Crippen LogP contribution in [0.25, 0.3) is 0 Å². The summed E-state index contributed by atoms with van der Waals surface area (Å²) in [6.07, 6.45) is -2.34. The van der Waals surface area contributed by atoms with Gasteiger partial charge in [0.2, 0.25) is 0 Å². The molecule has 0 amide bonds. The van der Waals surface area contributed by atoms with E-state index in [1.54, 1.807) is 0 Å². The largest absolute Gasteiger partial charge is 0.386 e. The van der Waals surface area contributed by atoms with Gasteiger partial charge in [0.1, 0.15) is 6.10 Å². The molecule has 1 aliphatic heterocycles. The molecule has 5 heteroatoms. The van der Waals surface area contributed by atoms with Crippen molar-refractivity contribution in [2.24, 2.45) is 0 Å². The Morgan fingerprint density at radius 1 is 1.33 bits per heavy atom. The maximum atomic E-state index is 12.0. The lowest BCUT2D eigenvalue weighted by molar-refractivity contribution is -0.0478. The summed E-state index contributed by atoms with van der Waals surface area (Å²) in [7, 11) is 0. The first-order chi connectivity index (χ1) is 6.99. The minimum Gasteiger partial charge on any atom is -0.386 e. The second-order valence-corrected chi connectivity index (χ2v) is 4.24. The molecule has 3 nitrogen and oxygen atoms in total. The Balaban J connectivity index is 2.26. The van der Waals surface area contributed by atoms with Crippen molar-refractivity contribution in [1.82, 2.24) is 5.32 Å². The van der Waals surface area contributed by atoms with E-state index >= 15 is 0 Å². The third-order valence-electron chi connectivity index (χ3n) is 2.60. The maximum Gasteiger partial charge on any atom is 0.265 e. The van der Waals surface area contributed by atoms with Gasteiger partial charge >= 0.3 is 0 Å².